The number of hydrogen-bond donors (Lipinski definition) is 1. The van der Waals surface area contributed by atoms with Crippen molar-refractivity contribution in [1.29, 1.82) is 0 Å². The topological polar surface area (TPSA) is 24.9 Å². The van der Waals surface area contributed by atoms with E-state index in [0.29, 0.717) is 12.0 Å². The van der Waals surface area contributed by atoms with Crippen molar-refractivity contribution in [2.45, 2.75) is 58.9 Å². The highest BCUT2D eigenvalue weighted by atomic mass is 32.1. The Balaban J connectivity index is 2.36. The first kappa shape index (κ1) is 13.7. The molecular weight excluding hydrogens is 216 g/mol. The smallest absolute Gasteiger partial charge is 0.0969 e. The van der Waals surface area contributed by atoms with Crippen LogP contribution in [0.25, 0.3) is 0 Å². The standard InChI is InChI=1S/C13H24N2S/c1-5-7-12(6-2)14-8-10(3)13-15-11(4)9-16-13/h9-10,12,14H,5-8H2,1-4H3. The second-order valence-electron chi connectivity index (χ2n) is 4.53. The molecule has 0 aliphatic carbocycles. The molecule has 0 aliphatic rings. The molecule has 0 fully saturated rings. The number of rotatable bonds is 7. The Bertz CT molecular complexity index is 296. The van der Waals surface area contributed by atoms with Crippen molar-refractivity contribution in [3.05, 3.63) is 16.1 Å². The van der Waals surface area contributed by atoms with Crippen molar-refractivity contribution in [2.24, 2.45) is 0 Å². The molecule has 0 aliphatic heterocycles. The Morgan fingerprint density at radius 2 is 2.19 bits per heavy atom. The Morgan fingerprint density at radius 1 is 1.44 bits per heavy atom. The van der Waals surface area contributed by atoms with Gasteiger partial charge in [0.25, 0.3) is 0 Å². The number of hydrogen-bond acceptors (Lipinski definition) is 3. The van der Waals surface area contributed by atoms with E-state index < -0.39 is 0 Å². The van der Waals surface area contributed by atoms with Gasteiger partial charge in [-0.2, -0.15) is 0 Å². The van der Waals surface area contributed by atoms with Crippen LogP contribution in [0, 0.1) is 6.92 Å². The van der Waals surface area contributed by atoms with Gasteiger partial charge >= 0.3 is 0 Å². The van der Waals surface area contributed by atoms with E-state index in [4.69, 9.17) is 0 Å². The number of aryl methyl sites for hydroxylation is 1. The summed E-state index contributed by atoms with van der Waals surface area (Å²) < 4.78 is 0. The van der Waals surface area contributed by atoms with Crippen LogP contribution >= 0.6 is 11.3 Å². The monoisotopic (exact) mass is 240 g/mol. The van der Waals surface area contributed by atoms with E-state index in [0.717, 1.165) is 12.2 Å². The van der Waals surface area contributed by atoms with Crippen molar-refractivity contribution in [3.8, 4) is 0 Å². The SMILES string of the molecule is CCCC(CC)NCC(C)c1nc(C)cs1. The molecular formula is C13H24N2S. The average molecular weight is 240 g/mol. The lowest BCUT2D eigenvalue weighted by molar-refractivity contribution is 0.448. The number of aromatic nitrogens is 1. The Morgan fingerprint density at radius 3 is 2.69 bits per heavy atom. The molecule has 1 N–H and O–H groups in total. The molecule has 0 radical (unpaired) electrons. The molecule has 16 heavy (non-hydrogen) atoms. The van der Waals surface area contributed by atoms with Crippen LogP contribution in [0.3, 0.4) is 0 Å². The first-order valence-corrected chi connectivity index (χ1v) is 7.20. The lowest BCUT2D eigenvalue weighted by Gasteiger charge is -2.18. The fraction of sp³-hybridized carbons (Fsp3) is 0.769. The van der Waals surface area contributed by atoms with Gasteiger partial charge in [-0.1, -0.05) is 27.2 Å². The number of nitrogens with zero attached hydrogens (tertiary/aromatic N) is 1. The zero-order valence-corrected chi connectivity index (χ0v) is 11.7. The molecule has 1 aromatic heterocycles. The summed E-state index contributed by atoms with van der Waals surface area (Å²) in [5.41, 5.74) is 1.15. The van der Waals surface area contributed by atoms with E-state index in [1.165, 1.54) is 24.3 Å². The fourth-order valence-electron chi connectivity index (χ4n) is 1.83. The van der Waals surface area contributed by atoms with Gasteiger partial charge < -0.3 is 5.32 Å². The van der Waals surface area contributed by atoms with Gasteiger partial charge in [0.2, 0.25) is 0 Å². The average Bonchev–Trinajstić information content (AvgIpc) is 2.70. The summed E-state index contributed by atoms with van der Waals surface area (Å²) in [6.07, 6.45) is 3.76. The molecule has 0 saturated carbocycles. The molecule has 1 rings (SSSR count). The summed E-state index contributed by atoms with van der Waals surface area (Å²) in [4.78, 5) is 4.54. The minimum Gasteiger partial charge on any atom is -0.313 e. The first-order chi connectivity index (χ1) is 7.67. The molecule has 3 heteroatoms. The molecule has 0 aromatic carbocycles. The number of nitrogens with one attached hydrogen (secondary N) is 1. The van der Waals surface area contributed by atoms with Gasteiger partial charge in [0.05, 0.1) is 5.01 Å². The normalized spacial score (nSPS) is 15.0. The van der Waals surface area contributed by atoms with Crippen LogP contribution in [0.15, 0.2) is 5.38 Å². The van der Waals surface area contributed by atoms with E-state index in [9.17, 15) is 0 Å². The van der Waals surface area contributed by atoms with Crippen molar-refractivity contribution < 1.29 is 0 Å². The molecule has 2 atom stereocenters. The highest BCUT2D eigenvalue weighted by Gasteiger charge is 2.11. The summed E-state index contributed by atoms with van der Waals surface area (Å²) in [7, 11) is 0. The van der Waals surface area contributed by atoms with E-state index in [1.807, 2.05) is 0 Å². The third-order valence-corrected chi connectivity index (χ3v) is 4.10. The van der Waals surface area contributed by atoms with Gasteiger partial charge in [-0.15, -0.1) is 11.3 Å². The summed E-state index contributed by atoms with van der Waals surface area (Å²) in [5.74, 6) is 0.532. The molecule has 1 heterocycles. The Hall–Kier alpha value is -0.410. The lowest BCUT2D eigenvalue weighted by Crippen LogP contribution is -2.31. The van der Waals surface area contributed by atoms with Crippen LogP contribution in [0.2, 0.25) is 0 Å². The van der Waals surface area contributed by atoms with Gasteiger partial charge in [0.1, 0.15) is 0 Å². The van der Waals surface area contributed by atoms with Crippen molar-refractivity contribution >= 4 is 11.3 Å². The minimum atomic E-state index is 0.532. The van der Waals surface area contributed by atoms with Crippen LogP contribution in [0.5, 0.6) is 0 Å². The molecule has 0 bridgehead atoms. The zero-order valence-electron chi connectivity index (χ0n) is 10.9. The highest BCUT2D eigenvalue weighted by molar-refractivity contribution is 7.09. The van der Waals surface area contributed by atoms with Crippen molar-refractivity contribution in [2.75, 3.05) is 6.54 Å². The molecule has 0 spiro atoms. The van der Waals surface area contributed by atoms with E-state index in [2.05, 4.69) is 43.4 Å². The second-order valence-corrected chi connectivity index (χ2v) is 5.42. The summed E-state index contributed by atoms with van der Waals surface area (Å²) in [6.45, 7) is 9.87. The maximum atomic E-state index is 4.54. The Kier molecular flexibility index (Phi) is 5.99. The minimum absolute atomic E-state index is 0.532. The van der Waals surface area contributed by atoms with Crippen LogP contribution in [0.1, 0.15) is 56.7 Å². The van der Waals surface area contributed by atoms with Gasteiger partial charge in [-0.05, 0) is 19.8 Å². The quantitative estimate of drug-likeness (QED) is 0.785. The molecule has 2 nitrogen and oxygen atoms in total. The van der Waals surface area contributed by atoms with Crippen molar-refractivity contribution in [1.82, 2.24) is 10.3 Å². The maximum absolute atomic E-state index is 4.54. The van der Waals surface area contributed by atoms with Gasteiger partial charge in [0, 0.05) is 29.6 Å². The molecule has 1 aromatic rings. The van der Waals surface area contributed by atoms with Crippen LogP contribution in [-0.2, 0) is 0 Å². The van der Waals surface area contributed by atoms with E-state index in [-0.39, 0.29) is 0 Å². The van der Waals surface area contributed by atoms with Crippen LogP contribution in [0.4, 0.5) is 0 Å². The first-order valence-electron chi connectivity index (χ1n) is 6.32. The van der Waals surface area contributed by atoms with Crippen LogP contribution in [-0.4, -0.2) is 17.6 Å². The van der Waals surface area contributed by atoms with Gasteiger partial charge in [-0.3, -0.25) is 0 Å². The fourth-order valence-corrected chi connectivity index (χ4v) is 2.68. The summed E-state index contributed by atoms with van der Waals surface area (Å²) >= 11 is 1.78. The molecule has 2 unspecified atom stereocenters. The second kappa shape index (κ2) is 7.02. The predicted octanol–water partition coefficient (Wildman–Crippen LogP) is 3.72. The van der Waals surface area contributed by atoms with Gasteiger partial charge in [-0.25, -0.2) is 4.98 Å². The summed E-state index contributed by atoms with van der Waals surface area (Å²) in [5, 5.41) is 7.04. The molecule has 0 amide bonds. The molecule has 0 saturated heterocycles. The largest absolute Gasteiger partial charge is 0.313 e. The van der Waals surface area contributed by atoms with E-state index in [1.54, 1.807) is 11.3 Å². The zero-order chi connectivity index (χ0) is 12.0. The van der Waals surface area contributed by atoms with Gasteiger partial charge in [0.15, 0.2) is 0 Å². The maximum Gasteiger partial charge on any atom is 0.0969 e. The van der Waals surface area contributed by atoms with E-state index >= 15 is 0 Å². The highest BCUT2D eigenvalue weighted by Crippen LogP contribution is 2.19. The third-order valence-electron chi connectivity index (χ3n) is 2.90. The summed E-state index contributed by atoms with van der Waals surface area (Å²) in [6, 6.07) is 0.675. The predicted molar refractivity (Wildman–Crippen MR) is 72.3 cm³/mol. The van der Waals surface area contributed by atoms with Crippen LogP contribution < -0.4 is 5.32 Å². The van der Waals surface area contributed by atoms with Crippen molar-refractivity contribution in [3.63, 3.8) is 0 Å². The molecule has 92 valence electrons. The Labute approximate surface area is 103 Å². The third kappa shape index (κ3) is 4.22. The lowest BCUT2D eigenvalue weighted by atomic mass is 10.1. The number of thiazole rings is 1.